The maximum absolute atomic E-state index is 12.8. The zero-order valence-electron chi connectivity index (χ0n) is 13.2. The number of rotatable bonds is 4. The van der Waals surface area contributed by atoms with Crippen LogP contribution in [0.4, 0.5) is 5.69 Å². The summed E-state index contributed by atoms with van der Waals surface area (Å²) in [6.07, 6.45) is 8.45. The van der Waals surface area contributed by atoms with Crippen molar-refractivity contribution < 1.29 is 4.79 Å². The van der Waals surface area contributed by atoms with Crippen molar-refractivity contribution in [3.8, 4) is 0 Å². The van der Waals surface area contributed by atoms with Gasteiger partial charge in [0, 0.05) is 24.7 Å². The molecule has 3 heteroatoms. The summed E-state index contributed by atoms with van der Waals surface area (Å²) in [5.41, 5.74) is 7.65. The van der Waals surface area contributed by atoms with Gasteiger partial charge in [0.1, 0.15) is 0 Å². The van der Waals surface area contributed by atoms with Gasteiger partial charge in [-0.15, -0.1) is 0 Å². The molecule has 0 aromatic heterocycles. The monoisotopic (exact) mass is 288 g/mol. The number of nitrogens with two attached hydrogens (primary N) is 1. The topological polar surface area (TPSA) is 46.3 Å². The third kappa shape index (κ3) is 4.76. The van der Waals surface area contributed by atoms with E-state index in [-0.39, 0.29) is 5.92 Å². The quantitative estimate of drug-likeness (QED) is 0.852. The van der Waals surface area contributed by atoms with Crippen molar-refractivity contribution in [1.82, 2.24) is 4.90 Å². The minimum Gasteiger partial charge on any atom is -0.399 e. The number of carbonyl (C=O) groups excluding carboxylic acids is 1. The Balaban J connectivity index is 1.97. The molecule has 0 aliphatic heterocycles. The van der Waals surface area contributed by atoms with Crippen molar-refractivity contribution >= 4 is 11.6 Å². The molecule has 0 saturated heterocycles. The summed E-state index contributed by atoms with van der Waals surface area (Å²) in [5.74, 6) is 0.579. The van der Waals surface area contributed by atoms with Gasteiger partial charge in [-0.1, -0.05) is 44.2 Å². The molecule has 1 saturated carbocycles. The van der Waals surface area contributed by atoms with E-state index in [0.29, 0.717) is 12.5 Å². The summed E-state index contributed by atoms with van der Waals surface area (Å²) in [7, 11) is 0. The molecule has 1 aromatic rings. The van der Waals surface area contributed by atoms with Gasteiger partial charge in [-0.2, -0.15) is 0 Å². The molecule has 116 valence electrons. The summed E-state index contributed by atoms with van der Waals surface area (Å²) < 4.78 is 0. The van der Waals surface area contributed by atoms with Gasteiger partial charge in [0.05, 0.1) is 0 Å². The first-order chi connectivity index (χ1) is 10.2. The van der Waals surface area contributed by atoms with E-state index in [9.17, 15) is 4.79 Å². The van der Waals surface area contributed by atoms with E-state index in [2.05, 4.69) is 6.92 Å². The molecule has 1 aliphatic rings. The van der Waals surface area contributed by atoms with E-state index < -0.39 is 0 Å². The Labute approximate surface area is 128 Å². The lowest BCUT2D eigenvalue weighted by Crippen LogP contribution is -2.36. The molecule has 21 heavy (non-hydrogen) atoms. The summed E-state index contributed by atoms with van der Waals surface area (Å²) in [6, 6.07) is 7.85. The highest BCUT2D eigenvalue weighted by atomic mass is 16.2. The van der Waals surface area contributed by atoms with E-state index in [1.54, 1.807) is 0 Å². The predicted molar refractivity (Wildman–Crippen MR) is 87.8 cm³/mol. The van der Waals surface area contributed by atoms with Crippen LogP contribution in [-0.2, 0) is 11.3 Å². The molecule has 0 radical (unpaired) electrons. The average Bonchev–Trinajstić information content (AvgIpc) is 2.46. The fraction of sp³-hybridized carbons (Fsp3) is 0.611. The number of amides is 1. The lowest BCUT2D eigenvalue weighted by Gasteiger charge is -2.27. The minimum atomic E-state index is 0.235. The maximum Gasteiger partial charge on any atom is 0.225 e. The highest BCUT2D eigenvalue weighted by Gasteiger charge is 2.23. The van der Waals surface area contributed by atoms with Crippen LogP contribution < -0.4 is 5.73 Å². The van der Waals surface area contributed by atoms with Gasteiger partial charge < -0.3 is 10.6 Å². The van der Waals surface area contributed by atoms with E-state index in [0.717, 1.165) is 30.6 Å². The van der Waals surface area contributed by atoms with E-state index in [1.807, 2.05) is 29.2 Å². The Morgan fingerprint density at radius 2 is 1.67 bits per heavy atom. The third-order valence-corrected chi connectivity index (χ3v) is 4.50. The first-order valence-corrected chi connectivity index (χ1v) is 8.34. The second-order valence-electron chi connectivity index (χ2n) is 6.14. The number of nitrogen functional groups attached to an aromatic ring is 1. The number of benzene rings is 1. The molecule has 2 rings (SSSR count). The number of hydrogen-bond donors (Lipinski definition) is 1. The van der Waals surface area contributed by atoms with Crippen LogP contribution in [0.2, 0.25) is 0 Å². The van der Waals surface area contributed by atoms with Crippen molar-refractivity contribution in [2.75, 3.05) is 12.3 Å². The van der Waals surface area contributed by atoms with Crippen LogP contribution in [0.1, 0.15) is 57.4 Å². The highest BCUT2D eigenvalue weighted by molar-refractivity contribution is 5.78. The maximum atomic E-state index is 12.8. The van der Waals surface area contributed by atoms with Crippen molar-refractivity contribution in [2.45, 2.75) is 58.4 Å². The number of anilines is 1. The van der Waals surface area contributed by atoms with Crippen molar-refractivity contribution in [1.29, 1.82) is 0 Å². The Morgan fingerprint density at radius 3 is 2.24 bits per heavy atom. The van der Waals surface area contributed by atoms with Gasteiger partial charge in [-0.25, -0.2) is 0 Å². The molecular weight excluding hydrogens is 260 g/mol. The van der Waals surface area contributed by atoms with E-state index in [1.165, 1.54) is 32.1 Å². The van der Waals surface area contributed by atoms with Crippen molar-refractivity contribution in [3.05, 3.63) is 29.8 Å². The summed E-state index contributed by atoms with van der Waals surface area (Å²) >= 11 is 0. The SMILES string of the molecule is CCN(Cc1ccc(N)cc1)C(=O)C1CCCCCCC1. The van der Waals surface area contributed by atoms with Gasteiger partial charge >= 0.3 is 0 Å². The van der Waals surface area contributed by atoms with Crippen LogP contribution in [-0.4, -0.2) is 17.4 Å². The Morgan fingerprint density at radius 1 is 1.10 bits per heavy atom. The molecule has 1 aromatic carbocycles. The van der Waals surface area contributed by atoms with Gasteiger partial charge in [0.15, 0.2) is 0 Å². The Kier molecular flexibility index (Phi) is 6.09. The zero-order valence-corrected chi connectivity index (χ0v) is 13.2. The predicted octanol–water partition coefficient (Wildman–Crippen LogP) is 3.98. The molecule has 1 amide bonds. The third-order valence-electron chi connectivity index (χ3n) is 4.50. The number of carbonyl (C=O) groups is 1. The lowest BCUT2D eigenvalue weighted by atomic mass is 9.90. The van der Waals surface area contributed by atoms with Crippen LogP contribution in [0.3, 0.4) is 0 Å². The van der Waals surface area contributed by atoms with Gasteiger partial charge in [-0.05, 0) is 37.5 Å². The smallest absolute Gasteiger partial charge is 0.225 e. The summed E-state index contributed by atoms with van der Waals surface area (Å²) in [4.78, 5) is 14.8. The molecule has 1 fully saturated rings. The zero-order chi connectivity index (χ0) is 15.1. The molecule has 0 unspecified atom stereocenters. The first-order valence-electron chi connectivity index (χ1n) is 8.34. The first kappa shape index (κ1) is 15.9. The molecule has 0 bridgehead atoms. The number of nitrogens with zero attached hydrogens (tertiary/aromatic N) is 1. The van der Waals surface area contributed by atoms with Crippen LogP contribution in [0.5, 0.6) is 0 Å². The molecule has 2 N–H and O–H groups in total. The molecule has 3 nitrogen and oxygen atoms in total. The minimum absolute atomic E-state index is 0.235. The van der Waals surface area contributed by atoms with Crippen LogP contribution in [0.15, 0.2) is 24.3 Å². The van der Waals surface area contributed by atoms with E-state index in [4.69, 9.17) is 5.73 Å². The molecule has 0 heterocycles. The second-order valence-corrected chi connectivity index (χ2v) is 6.14. The Hall–Kier alpha value is -1.51. The average molecular weight is 288 g/mol. The van der Waals surface area contributed by atoms with Crippen LogP contribution in [0.25, 0.3) is 0 Å². The van der Waals surface area contributed by atoms with Gasteiger partial charge in [0.2, 0.25) is 5.91 Å². The summed E-state index contributed by atoms with van der Waals surface area (Å²) in [6.45, 7) is 3.55. The van der Waals surface area contributed by atoms with Gasteiger partial charge in [-0.3, -0.25) is 4.79 Å². The van der Waals surface area contributed by atoms with Gasteiger partial charge in [0.25, 0.3) is 0 Å². The lowest BCUT2D eigenvalue weighted by molar-refractivity contribution is -0.136. The van der Waals surface area contributed by atoms with E-state index >= 15 is 0 Å². The summed E-state index contributed by atoms with van der Waals surface area (Å²) in [5, 5.41) is 0. The molecule has 0 atom stereocenters. The molecular formula is C18H28N2O. The van der Waals surface area contributed by atoms with Crippen LogP contribution in [0, 0.1) is 5.92 Å². The Bertz CT molecular complexity index is 433. The second kappa shape index (κ2) is 8.06. The highest BCUT2D eigenvalue weighted by Crippen LogP contribution is 2.24. The normalized spacial score (nSPS) is 17.0. The fourth-order valence-electron chi connectivity index (χ4n) is 3.15. The standard InChI is InChI=1S/C18H28N2O/c1-2-20(14-15-10-12-17(19)13-11-15)18(21)16-8-6-4-3-5-7-9-16/h10-13,16H,2-9,14,19H2,1H3. The van der Waals surface area contributed by atoms with Crippen LogP contribution >= 0.6 is 0 Å². The van der Waals surface area contributed by atoms with Crippen molar-refractivity contribution in [3.63, 3.8) is 0 Å². The fourth-order valence-corrected chi connectivity index (χ4v) is 3.15. The number of hydrogen-bond acceptors (Lipinski definition) is 2. The molecule has 1 aliphatic carbocycles. The largest absolute Gasteiger partial charge is 0.399 e. The van der Waals surface area contributed by atoms with Crippen molar-refractivity contribution in [2.24, 2.45) is 5.92 Å². The molecule has 0 spiro atoms.